The molecule has 0 saturated carbocycles. The summed E-state index contributed by atoms with van der Waals surface area (Å²) < 4.78 is 5.18. The predicted octanol–water partition coefficient (Wildman–Crippen LogP) is 2.83. The number of amides is 1. The molecule has 1 heterocycles. The molecule has 0 unspecified atom stereocenters. The van der Waals surface area contributed by atoms with E-state index in [4.69, 9.17) is 10.5 Å². The zero-order valence-corrected chi connectivity index (χ0v) is 13.5. The molecule has 2 rings (SSSR count). The van der Waals surface area contributed by atoms with E-state index in [1.807, 2.05) is 45.0 Å². The quantitative estimate of drug-likeness (QED) is 0.802. The Morgan fingerprint density at radius 3 is 2.52 bits per heavy atom. The van der Waals surface area contributed by atoms with Gasteiger partial charge in [-0.3, -0.25) is 0 Å². The molecule has 1 aromatic heterocycles. The van der Waals surface area contributed by atoms with Crippen LogP contribution >= 0.6 is 0 Å². The summed E-state index contributed by atoms with van der Waals surface area (Å²) in [5, 5.41) is 5.76. The van der Waals surface area contributed by atoms with Crippen LogP contribution < -0.4 is 16.4 Å². The third-order valence-electron chi connectivity index (χ3n) is 2.72. The summed E-state index contributed by atoms with van der Waals surface area (Å²) in [6.45, 7) is 5.87. The van der Waals surface area contributed by atoms with Gasteiger partial charge in [-0.05, 0) is 44.5 Å². The van der Waals surface area contributed by atoms with E-state index in [-0.39, 0.29) is 0 Å². The first kappa shape index (κ1) is 16.5. The lowest BCUT2D eigenvalue weighted by molar-refractivity contribution is 0.0523. The number of ether oxygens (including phenoxy) is 1. The Morgan fingerprint density at radius 2 is 1.91 bits per heavy atom. The summed E-state index contributed by atoms with van der Waals surface area (Å²) in [6, 6.07) is 9.16. The van der Waals surface area contributed by atoms with Gasteiger partial charge < -0.3 is 21.1 Å². The average Bonchev–Trinajstić information content (AvgIpc) is 2.45. The highest BCUT2D eigenvalue weighted by Gasteiger charge is 2.15. The number of nitrogens with one attached hydrogen (secondary N) is 2. The fraction of sp³-hybridized carbons (Fsp3) is 0.312. The Morgan fingerprint density at radius 1 is 1.22 bits per heavy atom. The van der Waals surface area contributed by atoms with Gasteiger partial charge in [-0.15, -0.1) is 0 Å². The number of nitrogens with two attached hydrogens (primary N) is 1. The molecule has 1 amide bonds. The molecule has 0 aliphatic carbocycles. The highest BCUT2D eigenvalue weighted by atomic mass is 16.6. The first-order valence-corrected chi connectivity index (χ1v) is 7.23. The molecule has 4 N–H and O–H groups in total. The van der Waals surface area contributed by atoms with E-state index in [1.165, 1.54) is 0 Å². The van der Waals surface area contributed by atoms with Gasteiger partial charge in [0.2, 0.25) is 5.95 Å². The van der Waals surface area contributed by atoms with Crippen LogP contribution in [0.4, 0.5) is 22.2 Å². The molecule has 122 valence electrons. The molecule has 23 heavy (non-hydrogen) atoms. The second kappa shape index (κ2) is 6.95. The number of carbonyl (C=O) groups excluding carboxylic acids is 1. The van der Waals surface area contributed by atoms with Gasteiger partial charge in [0.05, 0.1) is 0 Å². The maximum absolute atomic E-state index is 11.6. The van der Waals surface area contributed by atoms with Gasteiger partial charge in [-0.25, -0.2) is 9.78 Å². The van der Waals surface area contributed by atoms with Gasteiger partial charge in [-0.1, -0.05) is 12.1 Å². The van der Waals surface area contributed by atoms with Gasteiger partial charge >= 0.3 is 6.09 Å². The number of nitrogen functional groups attached to an aromatic ring is 1. The van der Waals surface area contributed by atoms with Crippen molar-refractivity contribution in [3.05, 3.63) is 42.1 Å². The Bertz CT molecular complexity index is 665. The molecule has 1 aromatic carbocycles. The van der Waals surface area contributed by atoms with Crippen LogP contribution in [0.15, 0.2) is 36.5 Å². The van der Waals surface area contributed by atoms with E-state index in [1.54, 1.807) is 12.3 Å². The minimum absolute atomic E-state index is 0.393. The Labute approximate surface area is 135 Å². The van der Waals surface area contributed by atoms with Crippen LogP contribution in [0.3, 0.4) is 0 Å². The summed E-state index contributed by atoms with van der Waals surface area (Å²) in [4.78, 5) is 19.7. The highest BCUT2D eigenvalue weighted by Crippen LogP contribution is 2.14. The van der Waals surface area contributed by atoms with Gasteiger partial charge in [0.1, 0.15) is 11.4 Å². The van der Waals surface area contributed by atoms with Crippen molar-refractivity contribution in [1.82, 2.24) is 15.3 Å². The number of alkyl carbamates (subject to hydrolysis) is 1. The molecule has 0 aliphatic heterocycles. The second-order valence-corrected chi connectivity index (χ2v) is 5.98. The third kappa shape index (κ3) is 5.82. The van der Waals surface area contributed by atoms with Crippen molar-refractivity contribution in [2.45, 2.75) is 32.9 Å². The lowest BCUT2D eigenvalue weighted by atomic mass is 10.2. The van der Waals surface area contributed by atoms with Crippen LogP contribution in [0.1, 0.15) is 26.3 Å². The lowest BCUT2D eigenvalue weighted by Crippen LogP contribution is -2.32. The molecule has 0 fully saturated rings. The van der Waals surface area contributed by atoms with Crippen molar-refractivity contribution < 1.29 is 9.53 Å². The predicted molar refractivity (Wildman–Crippen MR) is 89.2 cm³/mol. The number of nitrogens with zero attached hydrogens (tertiary/aromatic N) is 2. The molecule has 0 spiro atoms. The van der Waals surface area contributed by atoms with E-state index in [2.05, 4.69) is 20.6 Å². The third-order valence-corrected chi connectivity index (χ3v) is 2.72. The van der Waals surface area contributed by atoms with Crippen LogP contribution in [-0.4, -0.2) is 21.7 Å². The van der Waals surface area contributed by atoms with E-state index >= 15 is 0 Å². The molecule has 7 heteroatoms. The molecular weight excluding hydrogens is 294 g/mol. The normalized spacial score (nSPS) is 10.9. The van der Waals surface area contributed by atoms with Gasteiger partial charge in [0.15, 0.2) is 0 Å². The largest absolute Gasteiger partial charge is 0.444 e. The molecule has 0 radical (unpaired) electrons. The molecular formula is C16H21N5O2. The van der Waals surface area contributed by atoms with Crippen molar-refractivity contribution in [2.75, 3.05) is 11.1 Å². The van der Waals surface area contributed by atoms with Crippen molar-refractivity contribution in [3.63, 3.8) is 0 Å². The van der Waals surface area contributed by atoms with E-state index in [0.717, 1.165) is 11.3 Å². The fourth-order valence-corrected chi connectivity index (χ4v) is 1.76. The second-order valence-electron chi connectivity index (χ2n) is 5.98. The van der Waals surface area contributed by atoms with E-state index in [9.17, 15) is 4.79 Å². The molecule has 0 atom stereocenters. The van der Waals surface area contributed by atoms with Crippen LogP contribution in [0.5, 0.6) is 0 Å². The van der Waals surface area contributed by atoms with Crippen LogP contribution in [0, 0.1) is 0 Å². The molecule has 7 nitrogen and oxygen atoms in total. The van der Waals surface area contributed by atoms with E-state index in [0.29, 0.717) is 18.3 Å². The highest BCUT2D eigenvalue weighted by molar-refractivity contribution is 5.67. The Balaban J connectivity index is 1.88. The standard InChI is InChI=1S/C16H21N5O2/c1-16(2,3)23-15(22)19-10-11-4-6-12(7-5-11)20-14-18-9-8-13(17)21-14/h4-9H,10H2,1-3H3,(H,19,22)(H3,17,18,20,21). The van der Waals surface area contributed by atoms with Crippen LogP contribution in [-0.2, 0) is 11.3 Å². The Kier molecular flexibility index (Phi) is 5.00. The first-order valence-electron chi connectivity index (χ1n) is 7.23. The molecule has 0 aliphatic rings. The number of hydrogen-bond acceptors (Lipinski definition) is 6. The first-order chi connectivity index (χ1) is 10.8. The van der Waals surface area contributed by atoms with Gasteiger partial charge in [-0.2, -0.15) is 4.98 Å². The SMILES string of the molecule is CC(C)(C)OC(=O)NCc1ccc(Nc2nccc(N)n2)cc1. The van der Waals surface area contributed by atoms with E-state index < -0.39 is 11.7 Å². The topological polar surface area (TPSA) is 102 Å². The fourth-order valence-electron chi connectivity index (χ4n) is 1.76. The smallest absolute Gasteiger partial charge is 0.407 e. The maximum Gasteiger partial charge on any atom is 0.407 e. The van der Waals surface area contributed by atoms with Crippen molar-refractivity contribution in [1.29, 1.82) is 0 Å². The van der Waals surface area contributed by atoms with Gasteiger partial charge in [0, 0.05) is 18.4 Å². The number of carbonyl (C=O) groups is 1. The minimum atomic E-state index is -0.505. The van der Waals surface area contributed by atoms with Gasteiger partial charge in [0.25, 0.3) is 0 Å². The van der Waals surface area contributed by atoms with Crippen LogP contribution in [0.2, 0.25) is 0 Å². The summed E-state index contributed by atoms with van der Waals surface area (Å²) in [5.74, 6) is 0.838. The van der Waals surface area contributed by atoms with Crippen molar-refractivity contribution in [3.8, 4) is 0 Å². The summed E-state index contributed by atoms with van der Waals surface area (Å²) in [5.41, 5.74) is 6.88. The number of anilines is 3. The zero-order valence-electron chi connectivity index (χ0n) is 13.5. The molecule has 2 aromatic rings. The van der Waals surface area contributed by atoms with Crippen LogP contribution in [0.25, 0.3) is 0 Å². The summed E-state index contributed by atoms with van der Waals surface area (Å²) in [7, 11) is 0. The number of benzene rings is 1. The number of aromatic nitrogens is 2. The zero-order chi connectivity index (χ0) is 16.9. The summed E-state index contributed by atoms with van der Waals surface area (Å²) in [6.07, 6.45) is 1.15. The number of rotatable bonds is 4. The Hall–Kier alpha value is -2.83. The van der Waals surface area contributed by atoms with Crippen molar-refractivity contribution >= 4 is 23.5 Å². The lowest BCUT2D eigenvalue weighted by Gasteiger charge is -2.19. The average molecular weight is 315 g/mol. The maximum atomic E-state index is 11.6. The van der Waals surface area contributed by atoms with Crippen molar-refractivity contribution in [2.24, 2.45) is 0 Å². The summed E-state index contributed by atoms with van der Waals surface area (Å²) >= 11 is 0. The minimum Gasteiger partial charge on any atom is -0.444 e. The molecule has 0 saturated heterocycles. The molecule has 0 bridgehead atoms. The number of hydrogen-bond donors (Lipinski definition) is 3. The monoisotopic (exact) mass is 315 g/mol.